The highest BCUT2D eigenvalue weighted by Gasteiger charge is 2.56. The molecule has 1 aliphatic heterocycles. The average Bonchev–Trinajstić information content (AvgIpc) is 2.86. The third-order valence-electron chi connectivity index (χ3n) is 11.0. The number of rotatable bonds is 4. The summed E-state index contributed by atoms with van der Waals surface area (Å²) < 4.78 is 0. The molecule has 5 aliphatic rings. The van der Waals surface area contributed by atoms with Crippen LogP contribution >= 0.6 is 0 Å². The minimum Gasteiger partial charge on any atom is -0.305 e. The van der Waals surface area contributed by atoms with Crippen molar-refractivity contribution >= 4 is 0 Å². The Morgan fingerprint density at radius 3 is 0.867 bits per heavy atom. The van der Waals surface area contributed by atoms with Crippen molar-refractivity contribution in [2.75, 3.05) is 0 Å². The first kappa shape index (κ1) is 21.8. The van der Waals surface area contributed by atoms with Gasteiger partial charge in [0.1, 0.15) is 0 Å². The Hall–Kier alpha value is -0.0400. The Labute approximate surface area is 187 Å². The summed E-state index contributed by atoms with van der Waals surface area (Å²) in [6.45, 7) is 0. The first-order chi connectivity index (χ1) is 14.8. The van der Waals surface area contributed by atoms with Crippen LogP contribution in [-0.4, -0.2) is 11.1 Å². The molecule has 0 radical (unpaired) electrons. The summed E-state index contributed by atoms with van der Waals surface area (Å²) in [4.78, 5) is 0. The normalized spacial score (nSPS) is 32.8. The van der Waals surface area contributed by atoms with Crippen LogP contribution in [0.2, 0.25) is 0 Å². The van der Waals surface area contributed by atoms with Gasteiger partial charge in [-0.2, -0.15) is 0 Å². The van der Waals surface area contributed by atoms with Crippen molar-refractivity contribution in [3.05, 3.63) is 0 Å². The van der Waals surface area contributed by atoms with E-state index in [4.69, 9.17) is 5.32 Å². The summed E-state index contributed by atoms with van der Waals surface area (Å²) in [5.41, 5.74) is 1.02. The molecular formula is C29H51N. The van der Waals surface area contributed by atoms with Gasteiger partial charge in [0.25, 0.3) is 0 Å². The molecule has 1 saturated heterocycles. The molecule has 1 heteroatoms. The van der Waals surface area contributed by atoms with Crippen molar-refractivity contribution < 1.29 is 0 Å². The van der Waals surface area contributed by atoms with E-state index in [2.05, 4.69) is 0 Å². The lowest BCUT2D eigenvalue weighted by atomic mass is 9.54. The Morgan fingerprint density at radius 1 is 0.333 bits per heavy atom. The van der Waals surface area contributed by atoms with Gasteiger partial charge in [0.15, 0.2) is 0 Å². The zero-order valence-corrected chi connectivity index (χ0v) is 20.1. The highest BCUT2D eigenvalue weighted by atomic mass is 15.1. The second-order valence-electron chi connectivity index (χ2n) is 12.4. The molecule has 1 N–H and O–H groups in total. The summed E-state index contributed by atoms with van der Waals surface area (Å²) in [6.07, 6.45) is 35.0. The van der Waals surface area contributed by atoms with Crippen molar-refractivity contribution in [2.45, 2.75) is 159 Å². The Balaban J connectivity index is 1.50. The molecule has 5 rings (SSSR count). The van der Waals surface area contributed by atoms with E-state index in [0.717, 1.165) is 23.7 Å². The second-order valence-corrected chi connectivity index (χ2v) is 12.4. The fourth-order valence-corrected chi connectivity index (χ4v) is 9.59. The number of piperidine rings is 1. The quantitative estimate of drug-likeness (QED) is 0.486. The van der Waals surface area contributed by atoms with Gasteiger partial charge in [-0.15, -0.1) is 0 Å². The zero-order valence-electron chi connectivity index (χ0n) is 20.1. The molecule has 0 aromatic heterocycles. The molecule has 1 heterocycles. The van der Waals surface area contributed by atoms with Crippen molar-refractivity contribution in [3.63, 3.8) is 0 Å². The maximum Gasteiger partial charge on any atom is 0.0243 e. The van der Waals surface area contributed by atoms with Crippen LogP contribution in [-0.2, 0) is 0 Å². The van der Waals surface area contributed by atoms with Crippen LogP contribution in [0, 0.1) is 23.7 Å². The van der Waals surface area contributed by atoms with Gasteiger partial charge in [-0.3, -0.25) is 0 Å². The largest absolute Gasteiger partial charge is 0.305 e. The third-order valence-corrected chi connectivity index (χ3v) is 11.0. The molecule has 0 atom stereocenters. The number of hydrogen-bond donors (Lipinski definition) is 1. The van der Waals surface area contributed by atoms with Crippen LogP contribution < -0.4 is 5.32 Å². The summed E-state index contributed by atoms with van der Waals surface area (Å²) in [7, 11) is 0. The highest BCUT2D eigenvalue weighted by molar-refractivity contribution is 5.13. The van der Waals surface area contributed by atoms with Crippen LogP contribution in [0.4, 0.5) is 0 Å². The lowest BCUT2D eigenvalue weighted by Crippen LogP contribution is -2.72. The monoisotopic (exact) mass is 413 g/mol. The van der Waals surface area contributed by atoms with Gasteiger partial charge in [-0.05, 0) is 94.3 Å². The van der Waals surface area contributed by atoms with Gasteiger partial charge in [0.05, 0.1) is 0 Å². The fraction of sp³-hybridized carbons (Fsp3) is 1.00. The van der Waals surface area contributed by atoms with E-state index >= 15 is 0 Å². The minimum absolute atomic E-state index is 0.508. The summed E-state index contributed by atoms with van der Waals surface area (Å²) in [5, 5.41) is 4.86. The van der Waals surface area contributed by atoms with Crippen LogP contribution in [0.3, 0.4) is 0 Å². The van der Waals surface area contributed by atoms with E-state index in [-0.39, 0.29) is 0 Å². The summed E-state index contributed by atoms with van der Waals surface area (Å²) >= 11 is 0. The molecule has 0 spiro atoms. The minimum atomic E-state index is 0.508. The van der Waals surface area contributed by atoms with Crippen LogP contribution in [0.25, 0.3) is 0 Å². The van der Waals surface area contributed by atoms with Gasteiger partial charge in [-0.1, -0.05) is 77.0 Å². The summed E-state index contributed by atoms with van der Waals surface area (Å²) in [5.74, 6) is 3.95. The Morgan fingerprint density at radius 2 is 0.600 bits per heavy atom. The second kappa shape index (κ2) is 9.84. The molecule has 0 unspecified atom stereocenters. The van der Waals surface area contributed by atoms with E-state index in [1.807, 2.05) is 0 Å². The van der Waals surface area contributed by atoms with Gasteiger partial charge in [0.2, 0.25) is 0 Å². The van der Waals surface area contributed by atoms with Crippen LogP contribution in [0.15, 0.2) is 0 Å². The molecule has 4 saturated carbocycles. The van der Waals surface area contributed by atoms with E-state index < -0.39 is 0 Å². The van der Waals surface area contributed by atoms with E-state index in [9.17, 15) is 0 Å². The molecule has 0 bridgehead atoms. The number of hydrogen-bond acceptors (Lipinski definition) is 1. The maximum atomic E-state index is 4.86. The predicted octanol–water partition coefficient (Wildman–Crippen LogP) is 8.56. The molecule has 0 amide bonds. The average molecular weight is 414 g/mol. The summed E-state index contributed by atoms with van der Waals surface area (Å²) in [6, 6.07) is 0. The van der Waals surface area contributed by atoms with Crippen molar-refractivity contribution in [2.24, 2.45) is 23.7 Å². The van der Waals surface area contributed by atoms with E-state index in [1.165, 1.54) is 148 Å². The van der Waals surface area contributed by atoms with Gasteiger partial charge in [0, 0.05) is 11.1 Å². The first-order valence-electron chi connectivity index (χ1n) is 14.6. The van der Waals surface area contributed by atoms with Gasteiger partial charge in [-0.25, -0.2) is 0 Å². The van der Waals surface area contributed by atoms with Crippen LogP contribution in [0.1, 0.15) is 148 Å². The van der Waals surface area contributed by atoms with Crippen molar-refractivity contribution in [1.29, 1.82) is 0 Å². The SMILES string of the molecule is C1CCC(C2(C3CCCCC3)CCCC(C3CCCCC3)(C3CCCCC3)N2)CC1. The molecule has 4 aliphatic carbocycles. The van der Waals surface area contributed by atoms with Gasteiger partial charge >= 0.3 is 0 Å². The number of nitrogens with one attached hydrogen (secondary N) is 1. The smallest absolute Gasteiger partial charge is 0.0243 e. The fourth-order valence-electron chi connectivity index (χ4n) is 9.59. The Bertz CT molecular complexity index is 432. The maximum absolute atomic E-state index is 4.86. The van der Waals surface area contributed by atoms with Crippen LogP contribution in [0.5, 0.6) is 0 Å². The standard InChI is InChI=1S/C29H51N/c1-5-14-24(15-6-1)28(25-16-7-2-8-17-25)22-13-23-29(30-28,26-18-9-3-10-19-26)27-20-11-4-12-21-27/h24-27,30H,1-23H2. The molecule has 5 fully saturated rings. The van der Waals surface area contributed by atoms with Gasteiger partial charge < -0.3 is 5.32 Å². The zero-order chi connectivity index (χ0) is 20.3. The molecule has 0 aromatic rings. The lowest BCUT2D eigenvalue weighted by Gasteiger charge is -2.62. The molecular weight excluding hydrogens is 362 g/mol. The highest BCUT2D eigenvalue weighted by Crippen LogP contribution is 2.55. The van der Waals surface area contributed by atoms with E-state index in [1.54, 1.807) is 0 Å². The molecule has 1 nitrogen and oxygen atoms in total. The van der Waals surface area contributed by atoms with Crippen molar-refractivity contribution in [1.82, 2.24) is 5.32 Å². The third kappa shape index (κ3) is 4.15. The lowest BCUT2D eigenvalue weighted by molar-refractivity contribution is -0.0597. The topological polar surface area (TPSA) is 12.0 Å². The molecule has 0 aromatic carbocycles. The molecule has 30 heavy (non-hydrogen) atoms. The first-order valence-corrected chi connectivity index (χ1v) is 14.6. The van der Waals surface area contributed by atoms with E-state index in [0.29, 0.717) is 11.1 Å². The predicted molar refractivity (Wildman–Crippen MR) is 129 cm³/mol. The Kier molecular flexibility index (Phi) is 7.15. The molecule has 172 valence electrons. The van der Waals surface area contributed by atoms with Crippen molar-refractivity contribution in [3.8, 4) is 0 Å².